The zero-order chi connectivity index (χ0) is 16.1. The molecule has 6 atom stereocenters. The fraction of sp³-hybridized carbons (Fsp3) is 0.733. The highest BCUT2D eigenvalue weighted by molar-refractivity contribution is 5.88. The zero-order valence-corrected chi connectivity index (χ0v) is 12.3. The van der Waals surface area contributed by atoms with E-state index in [-0.39, 0.29) is 19.4 Å². The Hall–Kier alpha value is -1.44. The number of cyclic esters (lactones) is 1. The highest BCUT2D eigenvalue weighted by Crippen LogP contribution is 2.70. The summed E-state index contributed by atoms with van der Waals surface area (Å²) in [5, 5.41) is 33.0. The average molecular weight is 310 g/mol. The van der Waals surface area contributed by atoms with Crippen molar-refractivity contribution in [1.29, 1.82) is 0 Å². The van der Waals surface area contributed by atoms with Gasteiger partial charge >= 0.3 is 11.9 Å². The number of hydrogen-bond acceptors (Lipinski definition) is 7. The molecular formula is C15H18O7. The Morgan fingerprint density at radius 1 is 1.32 bits per heavy atom. The summed E-state index contributed by atoms with van der Waals surface area (Å²) in [6, 6.07) is 0. The fourth-order valence-corrected chi connectivity index (χ4v) is 5.14. The number of aliphatic hydroxyl groups excluding tert-OH is 1. The molecule has 22 heavy (non-hydrogen) atoms. The lowest BCUT2D eigenvalue weighted by atomic mass is 9.44. The van der Waals surface area contributed by atoms with Gasteiger partial charge in [-0.25, -0.2) is 9.59 Å². The molecule has 0 radical (unpaired) electrons. The Balaban J connectivity index is 2.03. The number of carbonyl (C=O) groups is 2. The van der Waals surface area contributed by atoms with Crippen LogP contribution in [0.4, 0.5) is 0 Å². The topological polar surface area (TPSA) is 113 Å². The zero-order valence-electron chi connectivity index (χ0n) is 12.3. The first kappa shape index (κ1) is 14.2. The highest BCUT2D eigenvalue weighted by atomic mass is 16.6. The van der Waals surface area contributed by atoms with Crippen molar-refractivity contribution in [2.75, 3.05) is 6.61 Å². The molecule has 7 heteroatoms. The summed E-state index contributed by atoms with van der Waals surface area (Å²) in [5.41, 5.74) is -5.75. The van der Waals surface area contributed by atoms with Gasteiger partial charge in [0.25, 0.3) is 0 Å². The third kappa shape index (κ3) is 1.03. The second kappa shape index (κ2) is 3.55. The summed E-state index contributed by atoms with van der Waals surface area (Å²) in [5.74, 6) is -1.82. The minimum Gasteiger partial charge on any atom is -0.463 e. The standard InChI is InChI=1S/C15H18O7/c1-7-3-4-14(19)12(2)6-21-11(18)15(12,20)8-5-13(7,14)9(16)10(17)22-8/h3,8-9,16,19-20H,4-6H2,1-2H3/t8-,9+,12+,13-,14+,15-/m1/s1. The summed E-state index contributed by atoms with van der Waals surface area (Å²) < 4.78 is 10.2. The SMILES string of the molecule is CC1=CC[C@]2(O)[C@]3(C)COC(=O)[C@]3(O)[C@H]3C[C@]12[C@@H](O)C(=O)O3. The lowest BCUT2D eigenvalue weighted by molar-refractivity contribution is -0.308. The summed E-state index contributed by atoms with van der Waals surface area (Å²) in [7, 11) is 0. The Labute approximate surface area is 126 Å². The molecule has 0 amide bonds. The van der Waals surface area contributed by atoms with Gasteiger partial charge in [-0.3, -0.25) is 0 Å². The molecule has 4 rings (SSSR count). The van der Waals surface area contributed by atoms with Crippen LogP contribution in [0.25, 0.3) is 0 Å². The Morgan fingerprint density at radius 3 is 2.68 bits per heavy atom. The summed E-state index contributed by atoms with van der Waals surface area (Å²) in [6.45, 7) is 3.10. The van der Waals surface area contributed by atoms with Crippen molar-refractivity contribution >= 4 is 11.9 Å². The first-order valence-electron chi connectivity index (χ1n) is 7.33. The predicted molar refractivity (Wildman–Crippen MR) is 70.3 cm³/mol. The summed E-state index contributed by atoms with van der Waals surface area (Å²) in [6.07, 6.45) is -0.820. The van der Waals surface area contributed by atoms with Crippen molar-refractivity contribution in [3.63, 3.8) is 0 Å². The van der Waals surface area contributed by atoms with E-state index in [0.29, 0.717) is 5.57 Å². The van der Waals surface area contributed by atoms with Gasteiger partial charge in [0.05, 0.1) is 16.4 Å². The molecule has 3 fully saturated rings. The van der Waals surface area contributed by atoms with Crippen molar-refractivity contribution < 1.29 is 34.4 Å². The van der Waals surface area contributed by atoms with Gasteiger partial charge in [-0.2, -0.15) is 0 Å². The fourth-order valence-electron chi connectivity index (χ4n) is 5.14. The van der Waals surface area contributed by atoms with Gasteiger partial charge in [0.1, 0.15) is 12.7 Å². The van der Waals surface area contributed by atoms with Crippen LogP contribution in [0.3, 0.4) is 0 Å². The number of fused-ring (bicyclic) bond motifs is 4. The lowest BCUT2D eigenvalue weighted by Crippen LogP contribution is -2.80. The van der Waals surface area contributed by atoms with E-state index in [9.17, 15) is 24.9 Å². The van der Waals surface area contributed by atoms with E-state index in [2.05, 4.69) is 0 Å². The van der Waals surface area contributed by atoms with E-state index in [4.69, 9.17) is 9.47 Å². The van der Waals surface area contributed by atoms with Crippen LogP contribution in [0, 0.1) is 10.8 Å². The highest BCUT2D eigenvalue weighted by Gasteiger charge is 2.84. The van der Waals surface area contributed by atoms with Crippen molar-refractivity contribution in [2.45, 2.75) is 50.1 Å². The molecule has 2 heterocycles. The number of aliphatic hydroxyl groups is 3. The van der Waals surface area contributed by atoms with Crippen molar-refractivity contribution in [3.05, 3.63) is 11.6 Å². The molecule has 0 aromatic carbocycles. The quantitative estimate of drug-likeness (QED) is 0.390. The molecule has 2 aliphatic carbocycles. The molecule has 1 spiro atoms. The third-order valence-electron chi connectivity index (χ3n) is 6.62. The predicted octanol–water partition coefficient (Wildman–Crippen LogP) is -0.962. The largest absolute Gasteiger partial charge is 0.463 e. The summed E-state index contributed by atoms with van der Waals surface area (Å²) in [4.78, 5) is 24.3. The average Bonchev–Trinajstić information content (AvgIpc) is 2.87. The molecule has 2 saturated heterocycles. The second-order valence-corrected chi connectivity index (χ2v) is 7.13. The number of hydrogen-bond donors (Lipinski definition) is 3. The van der Waals surface area contributed by atoms with Crippen LogP contribution in [-0.4, -0.2) is 57.3 Å². The van der Waals surface area contributed by atoms with Gasteiger partial charge in [0, 0.05) is 6.42 Å². The maximum absolute atomic E-state index is 12.2. The van der Waals surface area contributed by atoms with E-state index in [1.165, 1.54) is 0 Å². The molecule has 3 N–H and O–H groups in total. The molecule has 2 bridgehead atoms. The number of carbonyl (C=O) groups excluding carboxylic acids is 2. The van der Waals surface area contributed by atoms with Crippen LogP contribution < -0.4 is 0 Å². The van der Waals surface area contributed by atoms with E-state index < -0.39 is 46.2 Å². The molecule has 2 aliphatic heterocycles. The maximum Gasteiger partial charge on any atom is 0.342 e. The van der Waals surface area contributed by atoms with Crippen LogP contribution in [0.1, 0.15) is 26.7 Å². The van der Waals surface area contributed by atoms with Crippen LogP contribution in [0.2, 0.25) is 0 Å². The van der Waals surface area contributed by atoms with Gasteiger partial charge in [-0.1, -0.05) is 11.6 Å². The first-order chi connectivity index (χ1) is 10.1. The molecule has 0 unspecified atom stereocenters. The van der Waals surface area contributed by atoms with Crippen molar-refractivity contribution in [1.82, 2.24) is 0 Å². The molecule has 0 aromatic rings. The molecule has 1 saturated carbocycles. The Bertz CT molecular complexity index is 642. The Kier molecular flexibility index (Phi) is 2.29. The van der Waals surface area contributed by atoms with Crippen LogP contribution >= 0.6 is 0 Å². The number of ether oxygens (including phenoxy) is 2. The first-order valence-corrected chi connectivity index (χ1v) is 7.33. The molecule has 0 aromatic heterocycles. The van der Waals surface area contributed by atoms with Crippen molar-refractivity contribution in [3.8, 4) is 0 Å². The van der Waals surface area contributed by atoms with Crippen LogP contribution in [-0.2, 0) is 19.1 Å². The molecule has 120 valence electrons. The Morgan fingerprint density at radius 2 is 2.00 bits per heavy atom. The molecule has 4 aliphatic rings. The monoisotopic (exact) mass is 310 g/mol. The van der Waals surface area contributed by atoms with Gasteiger partial charge in [0.15, 0.2) is 6.10 Å². The summed E-state index contributed by atoms with van der Waals surface area (Å²) >= 11 is 0. The van der Waals surface area contributed by atoms with E-state index in [1.54, 1.807) is 19.9 Å². The maximum atomic E-state index is 12.2. The van der Waals surface area contributed by atoms with Gasteiger partial charge in [0.2, 0.25) is 5.60 Å². The normalized spacial score (nSPS) is 56.0. The minimum atomic E-state index is -2.11. The molecular weight excluding hydrogens is 292 g/mol. The second-order valence-electron chi connectivity index (χ2n) is 7.13. The van der Waals surface area contributed by atoms with Gasteiger partial charge in [-0.05, 0) is 20.3 Å². The van der Waals surface area contributed by atoms with Gasteiger partial charge in [-0.15, -0.1) is 0 Å². The van der Waals surface area contributed by atoms with E-state index in [1.807, 2.05) is 0 Å². The minimum absolute atomic E-state index is 0.0140. The molecule has 7 nitrogen and oxygen atoms in total. The van der Waals surface area contributed by atoms with Crippen molar-refractivity contribution in [2.24, 2.45) is 10.8 Å². The third-order valence-corrected chi connectivity index (χ3v) is 6.62. The smallest absolute Gasteiger partial charge is 0.342 e. The van der Waals surface area contributed by atoms with Gasteiger partial charge < -0.3 is 24.8 Å². The van der Waals surface area contributed by atoms with E-state index >= 15 is 0 Å². The van der Waals surface area contributed by atoms with Crippen LogP contribution in [0.15, 0.2) is 11.6 Å². The lowest BCUT2D eigenvalue weighted by Gasteiger charge is -2.64. The number of esters is 2. The number of rotatable bonds is 0. The van der Waals surface area contributed by atoms with E-state index in [0.717, 1.165) is 0 Å². The van der Waals surface area contributed by atoms with Crippen LogP contribution in [0.5, 0.6) is 0 Å².